The fourth-order valence-electron chi connectivity index (χ4n) is 3.86. The summed E-state index contributed by atoms with van der Waals surface area (Å²) < 4.78 is 45.4. The van der Waals surface area contributed by atoms with Crippen LogP contribution in [0.25, 0.3) is 17.7 Å². The number of nitrogens with zero attached hydrogens (tertiary/aromatic N) is 4. The summed E-state index contributed by atoms with van der Waals surface area (Å²) in [5, 5.41) is 13.5. The van der Waals surface area contributed by atoms with Gasteiger partial charge in [0, 0.05) is 22.9 Å². The summed E-state index contributed by atoms with van der Waals surface area (Å²) >= 11 is 0. The van der Waals surface area contributed by atoms with E-state index in [1.54, 1.807) is 18.2 Å². The Morgan fingerprint density at radius 1 is 1.08 bits per heavy atom. The number of alkyl halides is 3. The zero-order valence-electron chi connectivity index (χ0n) is 20.0. The maximum absolute atomic E-state index is 13.2. The van der Waals surface area contributed by atoms with E-state index < -0.39 is 23.8 Å². The van der Waals surface area contributed by atoms with E-state index in [4.69, 9.17) is 4.42 Å². The molecular formula is C27H21F3N6O2. The molecule has 5 rings (SSSR count). The van der Waals surface area contributed by atoms with Gasteiger partial charge in [-0.3, -0.25) is 4.79 Å². The monoisotopic (exact) mass is 518 g/mol. The Labute approximate surface area is 215 Å². The van der Waals surface area contributed by atoms with Crippen molar-refractivity contribution in [1.82, 2.24) is 15.2 Å². The number of hydrogen-bond acceptors (Lipinski definition) is 7. The molecule has 2 aromatic heterocycles. The number of pyridine rings is 1. The lowest BCUT2D eigenvalue weighted by Crippen LogP contribution is -2.32. The molecule has 0 fully saturated rings. The van der Waals surface area contributed by atoms with Crippen molar-refractivity contribution in [3.05, 3.63) is 95.2 Å². The lowest BCUT2D eigenvalue weighted by atomic mass is 10.0. The first-order valence-electron chi connectivity index (χ1n) is 11.7. The predicted octanol–water partition coefficient (Wildman–Crippen LogP) is 5.80. The van der Waals surface area contributed by atoms with Crippen molar-refractivity contribution in [1.29, 1.82) is 0 Å². The molecule has 8 nitrogen and oxygen atoms in total. The molecule has 1 aliphatic rings. The van der Waals surface area contributed by atoms with Crippen LogP contribution in [0.15, 0.2) is 82.3 Å². The van der Waals surface area contributed by atoms with Gasteiger partial charge in [-0.25, -0.2) is 9.98 Å². The highest BCUT2D eigenvalue weighted by Gasteiger charge is 2.32. The molecule has 1 aliphatic heterocycles. The van der Waals surface area contributed by atoms with Gasteiger partial charge in [-0.05, 0) is 18.6 Å². The minimum atomic E-state index is -4.55. The molecule has 11 heteroatoms. The standard InChI is InChI=1S/C27H21F3N6O2/c1-2-3-9-17-14-18(27(28,29)30)15-31-22(17)25-35-36-26(38-25)34-23-24(37)32-20-13-8-7-12-19(20)21(33-23)16-10-5-4-6-11-16/h3-15,23H,2H2,1H3,(H,32,37)(H,34,36)/b9-3+/t23-/m1/s1. The van der Waals surface area contributed by atoms with Crippen molar-refractivity contribution in [2.24, 2.45) is 4.99 Å². The molecule has 0 spiro atoms. The first-order valence-corrected chi connectivity index (χ1v) is 11.7. The number of rotatable bonds is 6. The van der Waals surface area contributed by atoms with Gasteiger partial charge in [0.1, 0.15) is 5.69 Å². The molecule has 192 valence electrons. The molecule has 1 amide bonds. The second kappa shape index (κ2) is 10.3. The lowest BCUT2D eigenvalue weighted by Gasteiger charge is -2.11. The first-order chi connectivity index (χ1) is 18.3. The third-order valence-electron chi connectivity index (χ3n) is 5.66. The molecule has 0 aliphatic carbocycles. The number of benzene rings is 2. The maximum atomic E-state index is 13.2. The zero-order valence-corrected chi connectivity index (χ0v) is 20.0. The van der Waals surface area contributed by atoms with Gasteiger partial charge in [-0.1, -0.05) is 72.7 Å². The van der Waals surface area contributed by atoms with Gasteiger partial charge in [0.25, 0.3) is 11.8 Å². The van der Waals surface area contributed by atoms with E-state index in [2.05, 4.69) is 30.8 Å². The van der Waals surface area contributed by atoms with Crippen LogP contribution in [0.4, 0.5) is 24.9 Å². The van der Waals surface area contributed by atoms with Crippen molar-refractivity contribution in [2.75, 3.05) is 10.6 Å². The molecule has 0 saturated heterocycles. The van der Waals surface area contributed by atoms with Crippen molar-refractivity contribution >= 4 is 29.4 Å². The molecule has 0 bridgehead atoms. The van der Waals surface area contributed by atoms with Crippen molar-refractivity contribution in [2.45, 2.75) is 25.7 Å². The second-order valence-corrected chi connectivity index (χ2v) is 8.31. The van der Waals surface area contributed by atoms with E-state index in [-0.39, 0.29) is 23.2 Å². The molecule has 3 heterocycles. The maximum Gasteiger partial charge on any atom is 0.417 e. The van der Waals surface area contributed by atoms with Crippen molar-refractivity contribution in [3.63, 3.8) is 0 Å². The molecule has 38 heavy (non-hydrogen) atoms. The van der Waals surface area contributed by atoms with Gasteiger partial charge >= 0.3 is 12.2 Å². The molecule has 0 radical (unpaired) electrons. The van der Waals surface area contributed by atoms with E-state index in [9.17, 15) is 18.0 Å². The Bertz CT molecular complexity index is 1530. The Kier molecular flexibility index (Phi) is 6.73. The molecule has 0 unspecified atom stereocenters. The average molecular weight is 518 g/mol. The molecule has 1 atom stereocenters. The van der Waals surface area contributed by atoms with Crippen LogP contribution in [-0.4, -0.2) is 33.0 Å². The summed E-state index contributed by atoms with van der Waals surface area (Å²) in [5.41, 5.74) is 2.07. The first kappa shape index (κ1) is 24.9. The highest BCUT2D eigenvalue weighted by atomic mass is 19.4. The number of hydrogen-bond donors (Lipinski definition) is 2. The number of allylic oxidation sites excluding steroid dienone is 1. The number of halogens is 3. The number of aromatic nitrogens is 3. The Morgan fingerprint density at radius 2 is 1.84 bits per heavy atom. The highest BCUT2D eigenvalue weighted by Crippen LogP contribution is 2.33. The summed E-state index contributed by atoms with van der Waals surface area (Å²) in [6.45, 7) is 1.85. The number of fused-ring (bicyclic) bond motifs is 1. The zero-order chi connectivity index (χ0) is 26.7. The fourth-order valence-corrected chi connectivity index (χ4v) is 3.86. The van der Waals surface area contributed by atoms with Gasteiger partial charge < -0.3 is 15.1 Å². The van der Waals surface area contributed by atoms with Crippen LogP contribution in [0.3, 0.4) is 0 Å². The van der Waals surface area contributed by atoms with E-state index in [0.29, 0.717) is 24.0 Å². The number of amides is 1. The number of benzodiazepines with no additional fused rings is 1. The van der Waals surface area contributed by atoms with Gasteiger partial charge in [-0.2, -0.15) is 13.2 Å². The minimum Gasteiger partial charge on any atom is -0.402 e. The largest absolute Gasteiger partial charge is 0.417 e. The third kappa shape index (κ3) is 5.17. The molecule has 2 aromatic carbocycles. The van der Waals surface area contributed by atoms with Crippen LogP contribution in [0.5, 0.6) is 0 Å². The van der Waals surface area contributed by atoms with E-state index in [1.165, 1.54) is 6.08 Å². The molecule has 0 saturated carbocycles. The summed E-state index contributed by atoms with van der Waals surface area (Å²) in [6, 6.07) is 17.5. The van der Waals surface area contributed by atoms with E-state index in [1.807, 2.05) is 49.4 Å². The topological polar surface area (TPSA) is 105 Å². The number of para-hydroxylation sites is 1. The van der Waals surface area contributed by atoms with E-state index in [0.717, 1.165) is 17.2 Å². The van der Waals surface area contributed by atoms with Gasteiger partial charge in [0.05, 0.1) is 17.0 Å². The Hall–Kier alpha value is -4.80. The number of nitrogens with one attached hydrogen (secondary N) is 2. The average Bonchev–Trinajstić information content (AvgIpc) is 3.33. The van der Waals surface area contributed by atoms with Crippen LogP contribution < -0.4 is 10.6 Å². The Morgan fingerprint density at radius 3 is 2.61 bits per heavy atom. The number of carbonyl (C=O) groups is 1. The second-order valence-electron chi connectivity index (χ2n) is 8.31. The highest BCUT2D eigenvalue weighted by molar-refractivity contribution is 6.19. The van der Waals surface area contributed by atoms with Crippen LogP contribution in [-0.2, 0) is 11.0 Å². The predicted molar refractivity (Wildman–Crippen MR) is 136 cm³/mol. The van der Waals surface area contributed by atoms with Crippen molar-refractivity contribution in [3.8, 4) is 11.6 Å². The minimum absolute atomic E-state index is 0.0782. The SMILES string of the molecule is CC/C=C/c1cc(C(F)(F)F)cnc1-c1nnc(N[C@H]2N=C(c3ccccc3)c3ccccc3NC2=O)o1. The van der Waals surface area contributed by atoms with Crippen LogP contribution in [0.2, 0.25) is 0 Å². The molecule has 4 aromatic rings. The van der Waals surface area contributed by atoms with Gasteiger partial charge in [0.15, 0.2) is 0 Å². The van der Waals surface area contributed by atoms with E-state index >= 15 is 0 Å². The Balaban J connectivity index is 1.49. The lowest BCUT2D eigenvalue weighted by molar-refractivity contribution is -0.137. The summed E-state index contributed by atoms with van der Waals surface area (Å²) in [7, 11) is 0. The summed E-state index contributed by atoms with van der Waals surface area (Å²) in [5.74, 6) is -0.566. The fraction of sp³-hybridized carbons (Fsp3) is 0.148. The molecule has 2 N–H and O–H groups in total. The smallest absolute Gasteiger partial charge is 0.402 e. The third-order valence-corrected chi connectivity index (χ3v) is 5.66. The van der Waals surface area contributed by atoms with Crippen LogP contribution in [0.1, 0.15) is 35.6 Å². The number of anilines is 2. The van der Waals surface area contributed by atoms with Crippen LogP contribution in [0, 0.1) is 0 Å². The van der Waals surface area contributed by atoms with Crippen molar-refractivity contribution < 1.29 is 22.4 Å². The summed E-state index contributed by atoms with van der Waals surface area (Å²) in [4.78, 5) is 21.6. The molecular weight excluding hydrogens is 497 g/mol. The number of aliphatic imine (C=N–C) groups is 1. The number of carbonyl (C=O) groups excluding carboxylic acids is 1. The normalized spacial score (nSPS) is 15.5. The van der Waals surface area contributed by atoms with Gasteiger partial charge in [-0.15, -0.1) is 5.10 Å². The summed E-state index contributed by atoms with van der Waals surface area (Å²) in [6.07, 6.45) is -1.16. The van der Waals surface area contributed by atoms with Crippen LogP contribution >= 0.6 is 0 Å². The quantitative estimate of drug-likeness (QED) is 0.334. The van der Waals surface area contributed by atoms with Gasteiger partial charge in [0.2, 0.25) is 6.17 Å².